The monoisotopic (exact) mass is 395 g/mol. The van der Waals surface area contributed by atoms with Crippen molar-refractivity contribution in [2.75, 3.05) is 18.5 Å². The molecule has 0 saturated carbocycles. The van der Waals surface area contributed by atoms with Gasteiger partial charge in [0.2, 0.25) is 5.95 Å². The summed E-state index contributed by atoms with van der Waals surface area (Å²) < 4.78 is 15.1. The lowest BCUT2D eigenvalue weighted by atomic mass is 10.0. The van der Waals surface area contributed by atoms with Crippen LogP contribution in [0.2, 0.25) is 0 Å². The average Bonchev–Trinajstić information content (AvgIpc) is 3.37. The van der Waals surface area contributed by atoms with Crippen LogP contribution in [0.25, 0.3) is 11.0 Å². The molecule has 3 aromatic heterocycles. The number of ether oxygens (including phenoxy) is 2. The maximum Gasteiger partial charge on any atom is 0.257 e. The molecule has 9 heteroatoms. The van der Waals surface area contributed by atoms with Gasteiger partial charge in [-0.05, 0) is 26.3 Å². The molecule has 0 bridgehead atoms. The average molecular weight is 395 g/mol. The van der Waals surface area contributed by atoms with Crippen LogP contribution in [-0.2, 0) is 11.8 Å². The fourth-order valence-corrected chi connectivity index (χ4v) is 3.74. The van der Waals surface area contributed by atoms with E-state index in [-0.39, 0.29) is 12.1 Å². The van der Waals surface area contributed by atoms with Gasteiger partial charge >= 0.3 is 0 Å². The summed E-state index contributed by atoms with van der Waals surface area (Å²) in [5, 5.41) is 18.0. The topological polar surface area (TPSA) is 103 Å². The summed E-state index contributed by atoms with van der Waals surface area (Å²) in [6.07, 6.45) is 4.54. The molecule has 1 aliphatic heterocycles. The van der Waals surface area contributed by atoms with Crippen LogP contribution >= 0.6 is 0 Å². The fourth-order valence-electron chi connectivity index (χ4n) is 3.74. The standard InChI is InChI=1S/C20H25N7O2/c1-5-13-10-28-11-17(13)27-15(7-21)6-14-8-22-20(24-18(14)27)23-16-9-26(4)25-19(16)29-12(2)3/h6,8-9,12-13,17H,5,10-11H2,1-4H3,(H,22,23,24)/t13-,17+/m1/s1. The summed E-state index contributed by atoms with van der Waals surface area (Å²) in [6.45, 7) is 7.33. The largest absolute Gasteiger partial charge is 0.472 e. The van der Waals surface area contributed by atoms with E-state index < -0.39 is 0 Å². The number of anilines is 2. The number of hydrogen-bond donors (Lipinski definition) is 1. The molecule has 9 nitrogen and oxygen atoms in total. The van der Waals surface area contributed by atoms with Crippen molar-refractivity contribution in [1.29, 1.82) is 5.26 Å². The van der Waals surface area contributed by atoms with Crippen molar-refractivity contribution in [2.24, 2.45) is 13.0 Å². The van der Waals surface area contributed by atoms with Gasteiger partial charge in [0.05, 0.1) is 31.6 Å². The van der Waals surface area contributed by atoms with Gasteiger partial charge < -0.3 is 19.4 Å². The second-order valence-corrected chi connectivity index (χ2v) is 7.57. The third-order valence-electron chi connectivity index (χ3n) is 5.10. The van der Waals surface area contributed by atoms with Gasteiger partial charge in [-0.1, -0.05) is 6.92 Å². The molecule has 1 N–H and O–H groups in total. The van der Waals surface area contributed by atoms with E-state index in [4.69, 9.17) is 14.5 Å². The van der Waals surface area contributed by atoms with E-state index in [1.807, 2.05) is 37.7 Å². The first-order chi connectivity index (χ1) is 14.0. The summed E-state index contributed by atoms with van der Waals surface area (Å²) >= 11 is 0. The molecule has 152 valence electrons. The Morgan fingerprint density at radius 1 is 1.41 bits per heavy atom. The predicted octanol–water partition coefficient (Wildman–Crippen LogP) is 3.16. The van der Waals surface area contributed by atoms with Crippen LogP contribution in [0.15, 0.2) is 18.5 Å². The highest BCUT2D eigenvalue weighted by Crippen LogP contribution is 2.34. The zero-order valence-corrected chi connectivity index (χ0v) is 17.1. The fraction of sp³-hybridized carbons (Fsp3) is 0.500. The molecule has 3 aromatic rings. The Kier molecular flexibility index (Phi) is 5.11. The summed E-state index contributed by atoms with van der Waals surface area (Å²) in [4.78, 5) is 9.14. The van der Waals surface area contributed by atoms with Gasteiger partial charge in [0.1, 0.15) is 23.1 Å². The Bertz CT molecular complexity index is 1060. The Labute approximate surface area is 169 Å². The predicted molar refractivity (Wildman–Crippen MR) is 108 cm³/mol. The molecule has 0 radical (unpaired) electrons. The maximum atomic E-state index is 9.66. The number of nitriles is 1. The van der Waals surface area contributed by atoms with E-state index in [1.54, 1.807) is 10.9 Å². The maximum absolute atomic E-state index is 9.66. The first-order valence-corrected chi connectivity index (χ1v) is 9.83. The Balaban J connectivity index is 1.73. The first kappa shape index (κ1) is 19.2. The van der Waals surface area contributed by atoms with Crippen molar-refractivity contribution in [3.8, 4) is 11.9 Å². The van der Waals surface area contributed by atoms with E-state index in [0.717, 1.165) is 17.5 Å². The van der Waals surface area contributed by atoms with Gasteiger partial charge in [-0.3, -0.25) is 4.68 Å². The van der Waals surface area contributed by atoms with Crippen molar-refractivity contribution in [1.82, 2.24) is 24.3 Å². The van der Waals surface area contributed by atoms with Gasteiger partial charge in [0.15, 0.2) is 0 Å². The van der Waals surface area contributed by atoms with E-state index >= 15 is 0 Å². The van der Waals surface area contributed by atoms with E-state index in [2.05, 4.69) is 28.4 Å². The second-order valence-electron chi connectivity index (χ2n) is 7.57. The van der Waals surface area contributed by atoms with Gasteiger partial charge in [0, 0.05) is 24.5 Å². The van der Waals surface area contributed by atoms with E-state index in [9.17, 15) is 5.26 Å². The molecule has 0 aliphatic carbocycles. The lowest BCUT2D eigenvalue weighted by molar-refractivity contribution is 0.180. The van der Waals surface area contributed by atoms with E-state index in [0.29, 0.717) is 42.3 Å². The summed E-state index contributed by atoms with van der Waals surface area (Å²) in [5.74, 6) is 1.28. The minimum atomic E-state index is -0.00221. The Morgan fingerprint density at radius 3 is 2.97 bits per heavy atom. The van der Waals surface area contributed by atoms with Crippen LogP contribution in [-0.4, -0.2) is 43.6 Å². The van der Waals surface area contributed by atoms with Crippen LogP contribution in [0.4, 0.5) is 11.6 Å². The number of hydrogen-bond acceptors (Lipinski definition) is 7. The normalized spacial score (nSPS) is 19.0. The minimum absolute atomic E-state index is 0.00221. The zero-order chi connectivity index (χ0) is 20.5. The van der Waals surface area contributed by atoms with Gasteiger partial charge in [-0.2, -0.15) is 10.2 Å². The quantitative estimate of drug-likeness (QED) is 0.684. The lowest BCUT2D eigenvalue weighted by Crippen LogP contribution is -2.19. The number of aryl methyl sites for hydroxylation is 1. The SMILES string of the molecule is CC[C@@H]1COC[C@@H]1n1c(C#N)cc2cnc(Nc3cn(C)nc3OC(C)C)nc21. The molecule has 0 amide bonds. The summed E-state index contributed by atoms with van der Waals surface area (Å²) in [7, 11) is 1.83. The van der Waals surface area contributed by atoms with Crippen LogP contribution in [0, 0.1) is 17.2 Å². The number of rotatable bonds is 6. The van der Waals surface area contributed by atoms with E-state index in [1.165, 1.54) is 0 Å². The third kappa shape index (κ3) is 3.63. The molecule has 2 atom stereocenters. The molecular formula is C20H25N7O2. The summed E-state index contributed by atoms with van der Waals surface area (Å²) in [6, 6.07) is 4.22. The molecule has 1 fully saturated rings. The Hall–Kier alpha value is -3.12. The van der Waals surface area contributed by atoms with Crippen molar-refractivity contribution < 1.29 is 9.47 Å². The number of fused-ring (bicyclic) bond motifs is 1. The van der Waals surface area contributed by atoms with Gasteiger partial charge in [-0.25, -0.2) is 4.98 Å². The molecular weight excluding hydrogens is 370 g/mol. The van der Waals surface area contributed by atoms with Crippen LogP contribution in [0.5, 0.6) is 5.88 Å². The molecule has 0 aromatic carbocycles. The lowest BCUT2D eigenvalue weighted by Gasteiger charge is -2.19. The van der Waals surface area contributed by atoms with Gasteiger partial charge in [0.25, 0.3) is 5.88 Å². The molecule has 29 heavy (non-hydrogen) atoms. The molecule has 1 aliphatic rings. The zero-order valence-electron chi connectivity index (χ0n) is 17.1. The van der Waals surface area contributed by atoms with Crippen LogP contribution in [0.3, 0.4) is 0 Å². The smallest absolute Gasteiger partial charge is 0.257 e. The van der Waals surface area contributed by atoms with Crippen LogP contribution < -0.4 is 10.1 Å². The number of nitrogens with zero attached hydrogens (tertiary/aromatic N) is 6. The number of nitrogens with one attached hydrogen (secondary N) is 1. The molecule has 0 spiro atoms. The first-order valence-electron chi connectivity index (χ1n) is 9.83. The van der Waals surface area contributed by atoms with Crippen molar-refractivity contribution in [3.63, 3.8) is 0 Å². The third-order valence-corrected chi connectivity index (χ3v) is 5.10. The molecule has 0 unspecified atom stereocenters. The van der Waals surface area contributed by atoms with Crippen LogP contribution in [0.1, 0.15) is 38.9 Å². The van der Waals surface area contributed by atoms with Crippen molar-refractivity contribution in [3.05, 3.63) is 24.2 Å². The Morgan fingerprint density at radius 2 is 2.24 bits per heavy atom. The molecule has 4 rings (SSSR count). The highest BCUT2D eigenvalue weighted by atomic mass is 16.5. The second kappa shape index (κ2) is 7.72. The minimum Gasteiger partial charge on any atom is -0.472 e. The summed E-state index contributed by atoms with van der Waals surface area (Å²) in [5.41, 5.74) is 1.99. The van der Waals surface area contributed by atoms with Gasteiger partial charge in [-0.15, -0.1) is 5.10 Å². The molecule has 1 saturated heterocycles. The highest BCUT2D eigenvalue weighted by molar-refractivity contribution is 5.79. The highest BCUT2D eigenvalue weighted by Gasteiger charge is 2.31. The number of aromatic nitrogens is 5. The molecule has 4 heterocycles. The van der Waals surface area contributed by atoms with Crippen molar-refractivity contribution >= 4 is 22.7 Å². The van der Waals surface area contributed by atoms with Crippen molar-refractivity contribution in [2.45, 2.75) is 39.3 Å².